The second kappa shape index (κ2) is 11.5. The van der Waals surface area contributed by atoms with Crippen LogP contribution in [0.4, 0.5) is 47.2 Å². The van der Waals surface area contributed by atoms with E-state index >= 15 is 0 Å². The number of amides is 1. The second-order valence-corrected chi connectivity index (χ2v) is 12.2. The highest BCUT2D eigenvalue weighted by atomic mass is 19.4. The standard InChI is InChI=1S/C27H35F7N6O2/c1-15-9-19-21(7-6-8-39(24(41)42-25(2,3)4)22(19)13-20(15)27(32,33)34)40(23-35-37-38(5)36-23)14-16-10-17(26(29,30)31)12-18(28)11-16/h9,13,16-18,21H,6-8,10-12,14H2,1-5H3/t16?,17?,18?,21-/m0/s1. The maximum absolute atomic E-state index is 14.6. The van der Waals surface area contributed by atoms with Crippen LogP contribution in [-0.4, -0.2) is 57.3 Å². The van der Waals surface area contributed by atoms with Gasteiger partial charge in [-0.2, -0.15) is 31.1 Å². The Bertz CT molecular complexity index is 1270. The van der Waals surface area contributed by atoms with Crippen molar-refractivity contribution in [3.63, 3.8) is 0 Å². The molecule has 0 radical (unpaired) electrons. The molecule has 2 heterocycles. The van der Waals surface area contributed by atoms with E-state index in [9.17, 15) is 35.5 Å². The van der Waals surface area contributed by atoms with Gasteiger partial charge in [-0.3, -0.25) is 4.90 Å². The topological polar surface area (TPSA) is 76.4 Å². The predicted molar refractivity (Wildman–Crippen MR) is 140 cm³/mol. The van der Waals surface area contributed by atoms with Crippen LogP contribution in [0.1, 0.15) is 75.6 Å². The van der Waals surface area contributed by atoms with Gasteiger partial charge in [-0.25, -0.2) is 9.18 Å². The van der Waals surface area contributed by atoms with E-state index in [0.717, 1.165) is 15.8 Å². The normalized spacial score (nSPS) is 23.8. The molecule has 42 heavy (non-hydrogen) atoms. The first kappa shape index (κ1) is 31.8. The Labute approximate surface area is 239 Å². The molecule has 4 atom stereocenters. The third-order valence-electron chi connectivity index (χ3n) is 7.60. The molecule has 234 valence electrons. The lowest BCUT2D eigenvalue weighted by Gasteiger charge is -2.38. The van der Waals surface area contributed by atoms with Crippen molar-refractivity contribution in [3.05, 3.63) is 28.8 Å². The molecule has 15 heteroatoms. The fraction of sp³-hybridized carbons (Fsp3) is 0.704. The summed E-state index contributed by atoms with van der Waals surface area (Å²) in [6.07, 6.45) is -12.2. The Kier molecular flexibility index (Phi) is 8.72. The number of fused-ring (bicyclic) bond motifs is 1. The molecule has 1 saturated carbocycles. The lowest BCUT2D eigenvalue weighted by molar-refractivity contribution is -0.190. The molecule has 0 N–H and O–H groups in total. The van der Waals surface area contributed by atoms with Crippen LogP contribution in [-0.2, 0) is 18.0 Å². The summed E-state index contributed by atoms with van der Waals surface area (Å²) >= 11 is 0. The number of benzene rings is 1. The van der Waals surface area contributed by atoms with Gasteiger partial charge in [0.05, 0.1) is 30.3 Å². The Morgan fingerprint density at radius 2 is 1.79 bits per heavy atom. The number of carbonyl (C=O) groups is 1. The van der Waals surface area contributed by atoms with Crippen LogP contribution in [0.2, 0.25) is 0 Å². The Morgan fingerprint density at radius 1 is 1.10 bits per heavy atom. The number of hydrogen-bond acceptors (Lipinski definition) is 6. The number of hydrogen-bond donors (Lipinski definition) is 0. The Balaban J connectivity index is 1.82. The second-order valence-electron chi connectivity index (χ2n) is 12.2. The first-order chi connectivity index (χ1) is 19.3. The van der Waals surface area contributed by atoms with Crippen molar-refractivity contribution in [2.45, 2.75) is 90.0 Å². The Hall–Kier alpha value is -3.13. The zero-order chi connectivity index (χ0) is 31.2. The smallest absolute Gasteiger partial charge is 0.416 e. The minimum atomic E-state index is -4.71. The number of alkyl halides is 7. The van der Waals surface area contributed by atoms with Gasteiger partial charge in [-0.05, 0) is 88.1 Å². The summed E-state index contributed by atoms with van der Waals surface area (Å²) in [7, 11) is 1.50. The van der Waals surface area contributed by atoms with Crippen molar-refractivity contribution in [3.8, 4) is 0 Å². The number of ether oxygens (including phenoxy) is 1. The van der Waals surface area contributed by atoms with Gasteiger partial charge in [0, 0.05) is 13.1 Å². The van der Waals surface area contributed by atoms with Crippen LogP contribution in [0.15, 0.2) is 12.1 Å². The predicted octanol–water partition coefficient (Wildman–Crippen LogP) is 6.94. The molecule has 1 aromatic heterocycles. The number of carbonyl (C=O) groups excluding carboxylic acids is 1. The third-order valence-corrected chi connectivity index (χ3v) is 7.60. The number of aromatic nitrogens is 4. The number of nitrogens with zero attached hydrogens (tertiary/aromatic N) is 6. The average molecular weight is 609 g/mol. The maximum Gasteiger partial charge on any atom is 0.416 e. The molecule has 0 bridgehead atoms. The van der Waals surface area contributed by atoms with Crippen LogP contribution in [0.5, 0.6) is 0 Å². The van der Waals surface area contributed by atoms with E-state index in [1.807, 2.05) is 0 Å². The number of aryl methyl sites for hydroxylation is 2. The zero-order valence-electron chi connectivity index (χ0n) is 24.1. The SMILES string of the molecule is Cc1cc2c(cc1C(F)(F)F)N(C(=O)OC(C)(C)C)CCC[C@@H]2N(CC1CC(F)CC(C(F)(F)F)C1)c1nnn(C)n1. The number of tetrazole rings is 1. The first-order valence-corrected chi connectivity index (χ1v) is 13.8. The van der Waals surface area contributed by atoms with E-state index in [0.29, 0.717) is 18.4 Å². The lowest BCUT2D eigenvalue weighted by atomic mass is 9.79. The molecule has 2 aliphatic rings. The van der Waals surface area contributed by atoms with Crippen LogP contribution < -0.4 is 9.80 Å². The van der Waals surface area contributed by atoms with E-state index in [4.69, 9.17) is 4.74 Å². The van der Waals surface area contributed by atoms with Crippen LogP contribution in [0.3, 0.4) is 0 Å². The van der Waals surface area contributed by atoms with E-state index in [2.05, 4.69) is 15.4 Å². The number of halogens is 7. The molecular formula is C27H35F7N6O2. The van der Waals surface area contributed by atoms with Crippen molar-refractivity contribution in [1.29, 1.82) is 0 Å². The minimum absolute atomic E-state index is 0.0289. The molecule has 0 spiro atoms. The third kappa shape index (κ3) is 7.25. The van der Waals surface area contributed by atoms with Crippen molar-refractivity contribution in [2.24, 2.45) is 18.9 Å². The molecule has 1 aliphatic heterocycles. The van der Waals surface area contributed by atoms with Gasteiger partial charge in [-0.1, -0.05) is 11.2 Å². The summed E-state index contributed by atoms with van der Waals surface area (Å²) in [4.78, 5) is 17.1. The van der Waals surface area contributed by atoms with E-state index < -0.39 is 60.1 Å². The quantitative estimate of drug-likeness (QED) is 0.350. The van der Waals surface area contributed by atoms with Crippen molar-refractivity contribution in [2.75, 3.05) is 22.9 Å². The summed E-state index contributed by atoms with van der Waals surface area (Å²) in [5, 5.41) is 12.1. The summed E-state index contributed by atoms with van der Waals surface area (Å²) in [5.41, 5.74) is -1.65. The molecular weight excluding hydrogens is 573 g/mol. The maximum atomic E-state index is 14.6. The molecule has 4 rings (SSSR count). The minimum Gasteiger partial charge on any atom is -0.443 e. The molecule has 0 saturated heterocycles. The highest BCUT2D eigenvalue weighted by Crippen LogP contribution is 2.46. The molecule has 3 unspecified atom stereocenters. The monoisotopic (exact) mass is 608 g/mol. The highest BCUT2D eigenvalue weighted by Gasteiger charge is 2.46. The molecule has 1 amide bonds. The molecule has 1 fully saturated rings. The number of rotatable bonds is 4. The average Bonchev–Trinajstić information content (AvgIpc) is 3.17. The van der Waals surface area contributed by atoms with Crippen LogP contribution >= 0.6 is 0 Å². The van der Waals surface area contributed by atoms with E-state index in [1.165, 1.54) is 20.0 Å². The van der Waals surface area contributed by atoms with Gasteiger partial charge in [0.15, 0.2) is 0 Å². The van der Waals surface area contributed by atoms with Crippen molar-refractivity contribution >= 4 is 17.7 Å². The number of anilines is 2. The summed E-state index contributed by atoms with van der Waals surface area (Å²) in [6, 6.07) is 1.50. The molecule has 2 aromatic rings. The molecule has 1 aromatic carbocycles. The fourth-order valence-corrected chi connectivity index (χ4v) is 5.87. The van der Waals surface area contributed by atoms with Crippen LogP contribution in [0, 0.1) is 18.8 Å². The van der Waals surface area contributed by atoms with E-state index in [-0.39, 0.29) is 43.1 Å². The summed E-state index contributed by atoms with van der Waals surface area (Å²) in [6.45, 7) is 6.17. The summed E-state index contributed by atoms with van der Waals surface area (Å²) in [5.74, 6) is -2.52. The lowest BCUT2D eigenvalue weighted by Crippen LogP contribution is -2.41. The van der Waals surface area contributed by atoms with E-state index in [1.54, 1.807) is 25.7 Å². The van der Waals surface area contributed by atoms with Gasteiger partial charge in [0.2, 0.25) is 0 Å². The molecule has 1 aliphatic carbocycles. The first-order valence-electron chi connectivity index (χ1n) is 13.8. The zero-order valence-corrected chi connectivity index (χ0v) is 24.1. The van der Waals surface area contributed by atoms with Crippen molar-refractivity contribution in [1.82, 2.24) is 20.2 Å². The largest absolute Gasteiger partial charge is 0.443 e. The van der Waals surface area contributed by atoms with Crippen LogP contribution in [0.25, 0.3) is 0 Å². The van der Waals surface area contributed by atoms with Gasteiger partial charge >= 0.3 is 18.4 Å². The van der Waals surface area contributed by atoms with Gasteiger partial charge in [-0.15, -0.1) is 5.10 Å². The van der Waals surface area contributed by atoms with Gasteiger partial charge in [0.1, 0.15) is 11.8 Å². The highest BCUT2D eigenvalue weighted by molar-refractivity contribution is 5.90. The van der Waals surface area contributed by atoms with Crippen molar-refractivity contribution < 1.29 is 40.3 Å². The van der Waals surface area contributed by atoms with Gasteiger partial charge < -0.3 is 9.64 Å². The molecule has 8 nitrogen and oxygen atoms in total. The Morgan fingerprint density at radius 3 is 2.36 bits per heavy atom. The summed E-state index contributed by atoms with van der Waals surface area (Å²) < 4.78 is 103. The fourth-order valence-electron chi connectivity index (χ4n) is 5.87. The van der Waals surface area contributed by atoms with Gasteiger partial charge in [0.25, 0.3) is 5.95 Å².